The van der Waals surface area contributed by atoms with Crippen LogP contribution in [0.4, 0.5) is 0 Å². The lowest BCUT2D eigenvalue weighted by Gasteiger charge is -2.13. The number of halogens is 1. The fourth-order valence-corrected chi connectivity index (χ4v) is 5.52. The van der Waals surface area contributed by atoms with Gasteiger partial charge in [0.05, 0.1) is 13.2 Å². The molecule has 1 rings (SSSR count). The van der Waals surface area contributed by atoms with Crippen LogP contribution in [0.5, 0.6) is 11.5 Å². The summed E-state index contributed by atoms with van der Waals surface area (Å²) in [5, 5.41) is 0.807. The summed E-state index contributed by atoms with van der Waals surface area (Å²) < 4.78 is 17.7. The van der Waals surface area contributed by atoms with E-state index in [4.69, 9.17) is 14.2 Å². The minimum absolute atomic E-state index is 0.162. The molecule has 244 valence electrons. The normalized spacial score (nSPS) is 11.1. The van der Waals surface area contributed by atoms with Crippen LogP contribution in [-0.4, -0.2) is 24.5 Å². The summed E-state index contributed by atoms with van der Waals surface area (Å²) in [4.78, 5) is 12.0. The van der Waals surface area contributed by atoms with Crippen LogP contribution in [0, 0.1) is 0 Å². The molecule has 1 aromatic rings. The Hall–Kier alpha value is -1.23. The first-order chi connectivity index (χ1) is 20.7. The van der Waals surface area contributed by atoms with Gasteiger partial charge in [-0.05, 0) is 37.0 Å². The van der Waals surface area contributed by atoms with E-state index in [1.54, 1.807) is 0 Å². The van der Waals surface area contributed by atoms with E-state index in [0.29, 0.717) is 19.6 Å². The third-order valence-corrected chi connectivity index (χ3v) is 8.45. The molecule has 0 aliphatic carbocycles. The molecule has 0 spiro atoms. The fraction of sp³-hybridized carbons (Fsp3) is 0.811. The summed E-state index contributed by atoms with van der Waals surface area (Å²) in [6, 6.07) is 5.97. The number of unbranched alkanes of at least 4 members (excludes halogenated alkanes) is 20. The summed E-state index contributed by atoms with van der Waals surface area (Å²) in [5.41, 5.74) is 0.923. The Morgan fingerprint density at radius 3 is 1.31 bits per heavy atom. The molecule has 0 aliphatic rings. The van der Waals surface area contributed by atoms with Crippen molar-refractivity contribution in [2.45, 2.75) is 175 Å². The van der Waals surface area contributed by atoms with Crippen molar-refractivity contribution in [2.24, 2.45) is 0 Å². The lowest BCUT2D eigenvalue weighted by atomic mass is 10.0. The van der Waals surface area contributed by atoms with Gasteiger partial charge in [0.1, 0.15) is 18.1 Å². The van der Waals surface area contributed by atoms with Crippen LogP contribution in [0.2, 0.25) is 0 Å². The van der Waals surface area contributed by atoms with Crippen LogP contribution in [0.25, 0.3) is 0 Å². The molecule has 0 fully saturated rings. The molecule has 42 heavy (non-hydrogen) atoms. The highest BCUT2D eigenvalue weighted by Crippen LogP contribution is 2.25. The summed E-state index contributed by atoms with van der Waals surface area (Å²) in [6.07, 6.45) is 30.4. The molecule has 0 heterocycles. The maximum absolute atomic E-state index is 12.0. The van der Waals surface area contributed by atoms with E-state index in [9.17, 15) is 4.79 Å². The molecule has 0 bridgehead atoms. The van der Waals surface area contributed by atoms with E-state index in [0.717, 1.165) is 41.7 Å². The van der Waals surface area contributed by atoms with Gasteiger partial charge in [-0.25, -0.2) is 0 Å². The standard InChI is InChI=1S/C37H65BrO4/c1-3-5-7-9-11-13-14-15-16-18-20-22-24-29-41-36-31-34(33-42-37(39)26-25-27-38)30-35(32-36)40-28-23-21-19-17-12-10-8-6-4-2/h30-32H,3-29,33H2,1-2H3. The first kappa shape index (κ1) is 38.8. The zero-order chi connectivity index (χ0) is 30.4. The number of benzene rings is 1. The average molecular weight is 654 g/mol. The number of hydrogen-bond acceptors (Lipinski definition) is 4. The van der Waals surface area contributed by atoms with Crippen LogP contribution in [0.1, 0.15) is 174 Å². The van der Waals surface area contributed by atoms with Gasteiger partial charge in [-0.2, -0.15) is 0 Å². The Bertz CT molecular complexity index is 738. The largest absolute Gasteiger partial charge is 0.493 e. The molecule has 0 atom stereocenters. The van der Waals surface area contributed by atoms with Gasteiger partial charge >= 0.3 is 5.97 Å². The van der Waals surface area contributed by atoms with Gasteiger partial charge in [0.15, 0.2) is 0 Å². The van der Waals surface area contributed by atoms with Crippen LogP contribution in [-0.2, 0) is 16.1 Å². The number of carbonyl (C=O) groups excluding carboxylic acids is 1. The summed E-state index contributed by atoms with van der Waals surface area (Å²) in [7, 11) is 0. The minimum atomic E-state index is -0.162. The lowest BCUT2D eigenvalue weighted by molar-refractivity contribution is -0.144. The van der Waals surface area contributed by atoms with Crippen molar-refractivity contribution >= 4 is 21.9 Å². The second kappa shape index (κ2) is 29.8. The molecule has 0 amide bonds. The predicted octanol–water partition coefficient (Wildman–Crippen LogP) is 12.3. The van der Waals surface area contributed by atoms with E-state index in [-0.39, 0.29) is 12.6 Å². The molecule has 0 radical (unpaired) electrons. The van der Waals surface area contributed by atoms with E-state index >= 15 is 0 Å². The van der Waals surface area contributed by atoms with Crippen molar-refractivity contribution in [1.82, 2.24) is 0 Å². The van der Waals surface area contributed by atoms with E-state index < -0.39 is 0 Å². The molecule has 0 saturated carbocycles. The number of carbonyl (C=O) groups is 1. The van der Waals surface area contributed by atoms with Gasteiger partial charge in [-0.15, -0.1) is 0 Å². The van der Waals surface area contributed by atoms with Crippen LogP contribution < -0.4 is 9.47 Å². The van der Waals surface area contributed by atoms with Gasteiger partial charge in [0.2, 0.25) is 0 Å². The van der Waals surface area contributed by atoms with E-state index in [1.807, 2.05) is 18.2 Å². The molecule has 5 heteroatoms. The number of ether oxygens (including phenoxy) is 3. The molecule has 0 N–H and O–H groups in total. The Kier molecular flexibility index (Phi) is 27.5. The van der Waals surface area contributed by atoms with E-state index in [2.05, 4.69) is 29.8 Å². The van der Waals surface area contributed by atoms with Gasteiger partial charge in [0.25, 0.3) is 0 Å². The monoisotopic (exact) mass is 652 g/mol. The molecule has 0 saturated heterocycles. The minimum Gasteiger partial charge on any atom is -0.493 e. The molecular weight excluding hydrogens is 588 g/mol. The predicted molar refractivity (Wildman–Crippen MR) is 183 cm³/mol. The van der Waals surface area contributed by atoms with Crippen LogP contribution >= 0.6 is 15.9 Å². The first-order valence-electron chi connectivity index (χ1n) is 17.8. The third-order valence-electron chi connectivity index (χ3n) is 7.89. The Morgan fingerprint density at radius 1 is 0.548 bits per heavy atom. The molecular formula is C37H65BrO4. The van der Waals surface area contributed by atoms with Crippen LogP contribution in [0.3, 0.4) is 0 Å². The highest BCUT2D eigenvalue weighted by atomic mass is 79.9. The zero-order valence-corrected chi connectivity index (χ0v) is 29.1. The van der Waals surface area contributed by atoms with Crippen molar-refractivity contribution < 1.29 is 19.0 Å². The Balaban J connectivity index is 2.32. The van der Waals surface area contributed by atoms with Gasteiger partial charge in [0, 0.05) is 17.8 Å². The molecule has 0 aliphatic heterocycles. The molecule has 1 aromatic carbocycles. The van der Waals surface area contributed by atoms with Gasteiger partial charge < -0.3 is 14.2 Å². The highest BCUT2D eigenvalue weighted by Gasteiger charge is 2.08. The second-order valence-corrected chi connectivity index (χ2v) is 12.8. The zero-order valence-electron chi connectivity index (χ0n) is 27.5. The lowest BCUT2D eigenvalue weighted by Crippen LogP contribution is -2.06. The molecule has 0 aromatic heterocycles. The van der Waals surface area contributed by atoms with Gasteiger partial charge in [-0.3, -0.25) is 4.79 Å². The fourth-order valence-electron chi connectivity index (χ4n) is 5.24. The third kappa shape index (κ3) is 24.2. The van der Waals surface area contributed by atoms with Crippen LogP contribution in [0.15, 0.2) is 18.2 Å². The molecule has 4 nitrogen and oxygen atoms in total. The first-order valence-corrected chi connectivity index (χ1v) is 18.9. The Labute approximate surface area is 268 Å². The summed E-state index contributed by atoms with van der Waals surface area (Å²) in [6.45, 7) is 6.23. The van der Waals surface area contributed by atoms with Crippen molar-refractivity contribution in [3.05, 3.63) is 23.8 Å². The van der Waals surface area contributed by atoms with Crippen molar-refractivity contribution in [1.29, 1.82) is 0 Å². The summed E-state index contributed by atoms with van der Waals surface area (Å²) in [5.74, 6) is 1.46. The number of esters is 1. The van der Waals surface area contributed by atoms with Crippen molar-refractivity contribution in [2.75, 3.05) is 18.5 Å². The number of hydrogen-bond donors (Lipinski definition) is 0. The topological polar surface area (TPSA) is 44.8 Å². The second-order valence-electron chi connectivity index (χ2n) is 12.0. The quantitative estimate of drug-likeness (QED) is 0.0454. The Morgan fingerprint density at radius 2 is 0.929 bits per heavy atom. The molecule has 0 unspecified atom stereocenters. The number of rotatable bonds is 31. The average Bonchev–Trinajstić information content (AvgIpc) is 3.00. The van der Waals surface area contributed by atoms with Gasteiger partial charge in [-0.1, -0.05) is 158 Å². The maximum Gasteiger partial charge on any atom is 0.306 e. The van der Waals surface area contributed by atoms with Crippen molar-refractivity contribution in [3.63, 3.8) is 0 Å². The maximum atomic E-state index is 12.0. The smallest absolute Gasteiger partial charge is 0.306 e. The van der Waals surface area contributed by atoms with E-state index in [1.165, 1.54) is 128 Å². The number of alkyl halides is 1. The van der Waals surface area contributed by atoms with Crippen molar-refractivity contribution in [3.8, 4) is 11.5 Å². The highest BCUT2D eigenvalue weighted by molar-refractivity contribution is 9.09. The SMILES string of the molecule is CCCCCCCCCCCCCCCOc1cc(COC(=O)CCCBr)cc(OCCCCCCCCCCC)c1. The summed E-state index contributed by atoms with van der Waals surface area (Å²) >= 11 is 3.37.